The molecule has 0 saturated heterocycles. The second-order valence-corrected chi connectivity index (χ2v) is 5.49. The van der Waals surface area contributed by atoms with Gasteiger partial charge in [0, 0.05) is 37.6 Å². The van der Waals surface area contributed by atoms with E-state index in [-0.39, 0.29) is 6.54 Å². The first kappa shape index (κ1) is 15.6. The fourth-order valence-corrected chi connectivity index (χ4v) is 2.05. The topological polar surface area (TPSA) is 47.7 Å². The minimum atomic E-state index is -2.38. The Morgan fingerprint density at radius 3 is 2.71 bits per heavy atom. The van der Waals surface area contributed by atoms with E-state index in [1.165, 1.54) is 4.68 Å². The lowest BCUT2D eigenvalue weighted by Gasteiger charge is -2.04. The normalized spacial score (nSPS) is 11.7. The van der Waals surface area contributed by atoms with Gasteiger partial charge >= 0.3 is 0 Å². The van der Waals surface area contributed by atoms with Gasteiger partial charge in [-0.2, -0.15) is 10.2 Å². The third-order valence-corrected chi connectivity index (χ3v) is 2.90. The summed E-state index contributed by atoms with van der Waals surface area (Å²) in [7, 11) is 0. The first-order valence-electron chi connectivity index (χ1n) is 7.05. The van der Waals surface area contributed by atoms with Crippen molar-refractivity contribution in [2.45, 2.75) is 46.5 Å². The molecule has 0 unspecified atom stereocenters. The summed E-state index contributed by atoms with van der Waals surface area (Å²) in [6.07, 6.45) is 2.83. The van der Waals surface area contributed by atoms with Crippen molar-refractivity contribution in [1.29, 1.82) is 0 Å². The molecule has 0 aliphatic rings. The first-order valence-corrected chi connectivity index (χ1v) is 7.05. The minimum Gasteiger partial charge on any atom is -0.307 e. The zero-order valence-corrected chi connectivity index (χ0v) is 12.3. The van der Waals surface area contributed by atoms with Gasteiger partial charge in [0.1, 0.15) is 6.54 Å². The van der Waals surface area contributed by atoms with Gasteiger partial charge in [-0.1, -0.05) is 13.8 Å². The zero-order chi connectivity index (χ0) is 15.2. The molecule has 0 aromatic carbocycles. The third kappa shape index (κ3) is 5.26. The Balaban J connectivity index is 1.76. The lowest BCUT2D eigenvalue weighted by molar-refractivity contribution is 0.122. The third-order valence-electron chi connectivity index (χ3n) is 2.90. The van der Waals surface area contributed by atoms with Crippen LogP contribution in [0.5, 0.6) is 0 Å². The van der Waals surface area contributed by atoms with Gasteiger partial charge < -0.3 is 5.32 Å². The van der Waals surface area contributed by atoms with E-state index < -0.39 is 6.43 Å². The van der Waals surface area contributed by atoms with E-state index >= 15 is 0 Å². The van der Waals surface area contributed by atoms with Gasteiger partial charge in [0.05, 0.1) is 11.9 Å². The van der Waals surface area contributed by atoms with Crippen LogP contribution < -0.4 is 5.32 Å². The van der Waals surface area contributed by atoms with Crippen molar-refractivity contribution < 1.29 is 8.78 Å². The van der Waals surface area contributed by atoms with Gasteiger partial charge in [0.15, 0.2) is 0 Å². The summed E-state index contributed by atoms with van der Waals surface area (Å²) in [6.45, 7) is 6.07. The molecule has 0 radical (unpaired) electrons. The molecule has 2 rings (SSSR count). The molecule has 5 nitrogen and oxygen atoms in total. The molecule has 0 spiro atoms. The van der Waals surface area contributed by atoms with Crippen LogP contribution >= 0.6 is 0 Å². The number of rotatable bonds is 8. The molecule has 0 amide bonds. The molecule has 7 heteroatoms. The number of nitrogens with zero attached hydrogens (tertiary/aromatic N) is 4. The van der Waals surface area contributed by atoms with E-state index in [9.17, 15) is 8.78 Å². The molecular weight excluding hydrogens is 276 g/mol. The van der Waals surface area contributed by atoms with Gasteiger partial charge in [0.2, 0.25) is 0 Å². The van der Waals surface area contributed by atoms with Crippen LogP contribution in [-0.2, 0) is 26.2 Å². The fourth-order valence-electron chi connectivity index (χ4n) is 2.05. The fraction of sp³-hybridized carbons (Fsp3) is 0.571. The van der Waals surface area contributed by atoms with Crippen LogP contribution in [0.1, 0.15) is 25.1 Å². The van der Waals surface area contributed by atoms with Crippen LogP contribution in [-0.4, -0.2) is 26.0 Å². The van der Waals surface area contributed by atoms with Crippen molar-refractivity contribution in [2.75, 3.05) is 0 Å². The van der Waals surface area contributed by atoms with Crippen LogP contribution in [0.4, 0.5) is 8.78 Å². The Kier molecular flexibility index (Phi) is 5.44. The van der Waals surface area contributed by atoms with Crippen molar-refractivity contribution in [1.82, 2.24) is 24.9 Å². The van der Waals surface area contributed by atoms with Crippen molar-refractivity contribution in [2.24, 2.45) is 5.92 Å². The summed E-state index contributed by atoms with van der Waals surface area (Å²) in [4.78, 5) is 0. The Morgan fingerprint density at radius 2 is 2.00 bits per heavy atom. The highest BCUT2D eigenvalue weighted by Gasteiger charge is 2.06. The van der Waals surface area contributed by atoms with Crippen molar-refractivity contribution in [3.8, 4) is 0 Å². The molecule has 0 bridgehead atoms. The second-order valence-electron chi connectivity index (χ2n) is 5.49. The number of halogens is 2. The highest BCUT2D eigenvalue weighted by Crippen LogP contribution is 2.03. The summed E-state index contributed by atoms with van der Waals surface area (Å²) >= 11 is 0. The summed E-state index contributed by atoms with van der Waals surface area (Å²) < 4.78 is 27.6. The Morgan fingerprint density at radius 1 is 1.19 bits per heavy atom. The maximum atomic E-state index is 12.2. The van der Waals surface area contributed by atoms with Gasteiger partial charge in [-0.3, -0.25) is 9.36 Å². The number of hydrogen-bond donors (Lipinski definition) is 1. The molecule has 0 aliphatic carbocycles. The molecule has 21 heavy (non-hydrogen) atoms. The van der Waals surface area contributed by atoms with Crippen LogP contribution in [0.3, 0.4) is 0 Å². The monoisotopic (exact) mass is 297 g/mol. The number of alkyl halides is 2. The lowest BCUT2D eigenvalue weighted by Crippen LogP contribution is -2.13. The largest absolute Gasteiger partial charge is 0.307 e. The van der Waals surface area contributed by atoms with E-state index in [1.807, 2.05) is 16.9 Å². The molecule has 0 atom stereocenters. The molecule has 0 fully saturated rings. The Hall–Kier alpha value is -1.76. The molecule has 1 N–H and O–H groups in total. The van der Waals surface area contributed by atoms with E-state index in [0.29, 0.717) is 19.0 Å². The zero-order valence-electron chi connectivity index (χ0n) is 12.3. The molecule has 0 saturated carbocycles. The predicted octanol–water partition coefficient (Wildman–Crippen LogP) is 2.29. The maximum absolute atomic E-state index is 12.2. The average molecular weight is 297 g/mol. The van der Waals surface area contributed by atoms with Gasteiger partial charge in [-0.15, -0.1) is 0 Å². The number of aromatic nitrogens is 4. The van der Waals surface area contributed by atoms with Crippen molar-refractivity contribution in [3.63, 3.8) is 0 Å². The lowest BCUT2D eigenvalue weighted by atomic mass is 10.2. The van der Waals surface area contributed by atoms with E-state index in [1.54, 1.807) is 12.4 Å². The smallest absolute Gasteiger partial charge is 0.257 e. The summed E-state index contributed by atoms with van der Waals surface area (Å²) in [5.41, 5.74) is 1.85. The summed E-state index contributed by atoms with van der Waals surface area (Å²) in [5, 5.41) is 11.6. The quantitative estimate of drug-likeness (QED) is 0.813. The van der Waals surface area contributed by atoms with Crippen LogP contribution in [0, 0.1) is 5.92 Å². The van der Waals surface area contributed by atoms with Crippen LogP contribution in [0.15, 0.2) is 24.7 Å². The predicted molar refractivity (Wildman–Crippen MR) is 75.8 cm³/mol. The minimum absolute atomic E-state index is 0.361. The number of nitrogens with one attached hydrogen (secondary N) is 1. The summed E-state index contributed by atoms with van der Waals surface area (Å²) in [5.74, 6) is 0.561. The molecule has 0 aliphatic heterocycles. The number of hydrogen-bond acceptors (Lipinski definition) is 3. The highest BCUT2D eigenvalue weighted by atomic mass is 19.3. The van der Waals surface area contributed by atoms with E-state index in [2.05, 4.69) is 29.4 Å². The Labute approximate surface area is 123 Å². The van der Waals surface area contributed by atoms with Crippen LogP contribution in [0.25, 0.3) is 0 Å². The second kappa shape index (κ2) is 7.31. The van der Waals surface area contributed by atoms with E-state index in [0.717, 1.165) is 17.8 Å². The maximum Gasteiger partial charge on any atom is 0.257 e. The summed E-state index contributed by atoms with van der Waals surface area (Å²) in [6, 6.07) is 1.98. The average Bonchev–Trinajstić information content (AvgIpc) is 2.98. The van der Waals surface area contributed by atoms with Crippen molar-refractivity contribution >= 4 is 0 Å². The van der Waals surface area contributed by atoms with Crippen molar-refractivity contribution in [3.05, 3.63) is 35.9 Å². The molecule has 2 aromatic heterocycles. The van der Waals surface area contributed by atoms with Crippen LogP contribution in [0.2, 0.25) is 0 Å². The van der Waals surface area contributed by atoms with Gasteiger partial charge in [-0.25, -0.2) is 8.78 Å². The molecule has 116 valence electrons. The molecule has 2 heterocycles. The molecule has 2 aromatic rings. The van der Waals surface area contributed by atoms with Gasteiger partial charge in [-0.05, 0) is 12.0 Å². The SMILES string of the molecule is CC(C)Cn1ccc(CNCc2cnn(CC(F)F)c2)n1. The highest BCUT2D eigenvalue weighted by molar-refractivity contribution is 5.04. The standard InChI is InChI=1S/C14H21F2N5/c1-11(2)8-20-4-3-13(19-20)7-17-5-12-6-18-21(9-12)10-14(15)16/h3-4,6,9,11,14,17H,5,7-8,10H2,1-2H3. The Bertz CT molecular complexity index is 499. The van der Waals surface area contributed by atoms with E-state index in [4.69, 9.17) is 0 Å². The molecular formula is C14H21F2N5. The first-order chi connectivity index (χ1) is 10.0. The van der Waals surface area contributed by atoms with Gasteiger partial charge in [0.25, 0.3) is 6.43 Å².